The number of nitrogens with one attached hydrogen (secondary N) is 2. The molecule has 132 valence electrons. The highest BCUT2D eigenvalue weighted by Gasteiger charge is 2.27. The van der Waals surface area contributed by atoms with Crippen molar-refractivity contribution < 1.29 is 18.4 Å². The van der Waals surface area contributed by atoms with Crippen molar-refractivity contribution in [3.05, 3.63) is 35.4 Å². The Morgan fingerprint density at radius 3 is 2.88 bits per heavy atom. The summed E-state index contributed by atoms with van der Waals surface area (Å²) in [5.41, 5.74) is 0.734. The SMILES string of the molecule is C[C@H]1C(=O)NCCCN1C(=O)NCCCCc1ccc(F)c(F)c1. The number of rotatable bonds is 5. The highest BCUT2D eigenvalue weighted by atomic mass is 19.2. The molecule has 7 heteroatoms. The van der Waals surface area contributed by atoms with Gasteiger partial charge < -0.3 is 15.5 Å². The van der Waals surface area contributed by atoms with Gasteiger partial charge in [-0.05, 0) is 50.3 Å². The summed E-state index contributed by atoms with van der Waals surface area (Å²) in [6, 6.07) is 3.17. The molecular formula is C17H23F2N3O2. The van der Waals surface area contributed by atoms with E-state index >= 15 is 0 Å². The zero-order chi connectivity index (χ0) is 17.5. The lowest BCUT2D eigenvalue weighted by Gasteiger charge is -2.25. The lowest BCUT2D eigenvalue weighted by molar-refractivity contribution is -0.124. The highest BCUT2D eigenvalue weighted by molar-refractivity contribution is 5.87. The number of urea groups is 1. The Bertz CT molecular complexity index is 595. The third-order valence-electron chi connectivity index (χ3n) is 4.14. The Morgan fingerprint density at radius 1 is 1.33 bits per heavy atom. The highest BCUT2D eigenvalue weighted by Crippen LogP contribution is 2.11. The first kappa shape index (κ1) is 18.2. The minimum atomic E-state index is -0.846. The molecule has 5 nitrogen and oxygen atoms in total. The summed E-state index contributed by atoms with van der Waals surface area (Å²) < 4.78 is 25.9. The second kappa shape index (κ2) is 8.61. The van der Waals surface area contributed by atoms with Crippen LogP contribution in [0.1, 0.15) is 31.7 Å². The number of aryl methyl sites for hydroxylation is 1. The third kappa shape index (κ3) is 4.91. The van der Waals surface area contributed by atoms with Crippen molar-refractivity contribution >= 4 is 11.9 Å². The van der Waals surface area contributed by atoms with Crippen LogP contribution in [0, 0.1) is 11.6 Å². The average molecular weight is 339 g/mol. The molecule has 2 N–H and O–H groups in total. The van der Waals surface area contributed by atoms with E-state index in [0.717, 1.165) is 30.9 Å². The van der Waals surface area contributed by atoms with Gasteiger partial charge in [0.1, 0.15) is 6.04 Å². The number of amides is 3. The second-order valence-electron chi connectivity index (χ2n) is 5.95. The third-order valence-corrected chi connectivity index (χ3v) is 4.14. The summed E-state index contributed by atoms with van der Waals surface area (Å²) in [6.07, 6.45) is 2.83. The van der Waals surface area contributed by atoms with Crippen LogP contribution in [0.2, 0.25) is 0 Å². The largest absolute Gasteiger partial charge is 0.354 e. The molecule has 3 amide bonds. The molecule has 1 aliphatic rings. The standard InChI is InChI=1S/C17H23F2N3O2/c1-12-16(23)20-9-4-10-22(12)17(24)21-8-3-2-5-13-6-7-14(18)15(19)11-13/h6-7,11-12H,2-5,8-10H2,1H3,(H,20,23)(H,21,24)/t12-/m0/s1. The number of unbranched alkanes of at least 4 members (excludes halogenated alkanes) is 1. The molecule has 1 saturated heterocycles. The molecule has 0 radical (unpaired) electrons. The van der Waals surface area contributed by atoms with E-state index in [0.29, 0.717) is 26.1 Å². The van der Waals surface area contributed by atoms with Gasteiger partial charge in [-0.1, -0.05) is 6.07 Å². The summed E-state index contributed by atoms with van der Waals surface area (Å²) >= 11 is 0. The summed E-state index contributed by atoms with van der Waals surface area (Å²) in [6.45, 7) is 3.32. The van der Waals surface area contributed by atoms with Gasteiger partial charge >= 0.3 is 6.03 Å². The zero-order valence-electron chi connectivity index (χ0n) is 13.8. The Morgan fingerprint density at radius 2 is 2.12 bits per heavy atom. The number of hydrogen-bond acceptors (Lipinski definition) is 2. The van der Waals surface area contributed by atoms with E-state index in [1.807, 2.05) is 0 Å². The van der Waals surface area contributed by atoms with Gasteiger partial charge in [0, 0.05) is 19.6 Å². The van der Waals surface area contributed by atoms with Crippen molar-refractivity contribution in [2.45, 2.75) is 38.6 Å². The normalized spacial score (nSPS) is 18.0. The molecule has 0 unspecified atom stereocenters. The fourth-order valence-corrected chi connectivity index (χ4v) is 2.67. The van der Waals surface area contributed by atoms with Crippen LogP contribution in [0.3, 0.4) is 0 Å². The maximum atomic E-state index is 13.1. The molecule has 1 aromatic rings. The van der Waals surface area contributed by atoms with Gasteiger partial charge in [-0.3, -0.25) is 4.79 Å². The van der Waals surface area contributed by atoms with Crippen LogP contribution < -0.4 is 10.6 Å². The Hall–Kier alpha value is -2.18. The molecule has 24 heavy (non-hydrogen) atoms. The molecule has 1 aliphatic heterocycles. The average Bonchev–Trinajstić information content (AvgIpc) is 2.72. The lowest BCUT2D eigenvalue weighted by atomic mass is 10.1. The Kier molecular flexibility index (Phi) is 6.52. The van der Waals surface area contributed by atoms with E-state index < -0.39 is 17.7 Å². The summed E-state index contributed by atoms with van der Waals surface area (Å²) in [5, 5.41) is 5.58. The number of carbonyl (C=O) groups excluding carboxylic acids is 2. The first-order valence-corrected chi connectivity index (χ1v) is 8.25. The molecule has 1 fully saturated rings. The minimum absolute atomic E-state index is 0.138. The Labute approximate surface area is 140 Å². The number of nitrogens with zero attached hydrogens (tertiary/aromatic N) is 1. The fraction of sp³-hybridized carbons (Fsp3) is 0.529. The number of carbonyl (C=O) groups is 2. The van der Waals surface area contributed by atoms with Crippen LogP contribution >= 0.6 is 0 Å². The molecule has 0 aliphatic carbocycles. The summed E-state index contributed by atoms with van der Waals surface area (Å²) in [7, 11) is 0. The van der Waals surface area contributed by atoms with Gasteiger partial charge in [0.05, 0.1) is 0 Å². The lowest BCUT2D eigenvalue weighted by Crippen LogP contribution is -2.49. The van der Waals surface area contributed by atoms with Crippen molar-refractivity contribution in [1.29, 1.82) is 0 Å². The second-order valence-corrected chi connectivity index (χ2v) is 5.95. The van der Waals surface area contributed by atoms with Crippen LogP contribution in [0.25, 0.3) is 0 Å². The van der Waals surface area contributed by atoms with E-state index in [4.69, 9.17) is 0 Å². The number of halogens is 2. The summed E-state index contributed by atoms with van der Waals surface area (Å²) in [5.74, 6) is -1.82. The van der Waals surface area contributed by atoms with Crippen molar-refractivity contribution in [2.75, 3.05) is 19.6 Å². The molecule has 0 saturated carbocycles. The van der Waals surface area contributed by atoms with E-state index in [-0.39, 0.29) is 11.9 Å². The molecule has 0 aromatic heterocycles. The Balaban J connectivity index is 1.70. The maximum Gasteiger partial charge on any atom is 0.318 e. The minimum Gasteiger partial charge on any atom is -0.354 e. The van der Waals surface area contributed by atoms with Gasteiger partial charge in [-0.25, -0.2) is 13.6 Å². The summed E-state index contributed by atoms with van der Waals surface area (Å²) in [4.78, 5) is 25.4. The van der Waals surface area contributed by atoms with Gasteiger partial charge in [0.15, 0.2) is 11.6 Å². The maximum absolute atomic E-state index is 13.1. The predicted octanol–water partition coefficient (Wildman–Crippen LogP) is 2.21. The van der Waals surface area contributed by atoms with Gasteiger partial charge in [-0.15, -0.1) is 0 Å². The van der Waals surface area contributed by atoms with Crippen molar-refractivity contribution in [3.63, 3.8) is 0 Å². The molecule has 1 aromatic carbocycles. The topological polar surface area (TPSA) is 61.4 Å². The van der Waals surface area contributed by atoms with Crippen LogP contribution in [0.15, 0.2) is 18.2 Å². The molecule has 1 atom stereocenters. The van der Waals surface area contributed by atoms with Crippen LogP contribution in [-0.4, -0.2) is 42.5 Å². The molecule has 2 rings (SSSR count). The molecule has 0 bridgehead atoms. The predicted molar refractivity (Wildman–Crippen MR) is 86.5 cm³/mol. The molecule has 0 spiro atoms. The van der Waals surface area contributed by atoms with Crippen molar-refractivity contribution in [1.82, 2.24) is 15.5 Å². The molecule has 1 heterocycles. The molecular weight excluding hydrogens is 316 g/mol. The van der Waals surface area contributed by atoms with Gasteiger partial charge in [0.2, 0.25) is 5.91 Å². The van der Waals surface area contributed by atoms with E-state index in [1.165, 1.54) is 11.0 Å². The van der Waals surface area contributed by atoms with Crippen molar-refractivity contribution in [3.8, 4) is 0 Å². The van der Waals surface area contributed by atoms with Gasteiger partial charge in [-0.2, -0.15) is 0 Å². The van der Waals surface area contributed by atoms with Crippen LogP contribution in [0.5, 0.6) is 0 Å². The zero-order valence-corrected chi connectivity index (χ0v) is 13.8. The van der Waals surface area contributed by atoms with Crippen molar-refractivity contribution in [2.24, 2.45) is 0 Å². The number of hydrogen-bond donors (Lipinski definition) is 2. The quantitative estimate of drug-likeness (QED) is 0.808. The van der Waals surface area contributed by atoms with E-state index in [2.05, 4.69) is 10.6 Å². The first-order valence-electron chi connectivity index (χ1n) is 8.25. The smallest absolute Gasteiger partial charge is 0.318 e. The fourth-order valence-electron chi connectivity index (χ4n) is 2.67. The van der Waals surface area contributed by atoms with E-state index in [9.17, 15) is 18.4 Å². The van der Waals surface area contributed by atoms with Crippen LogP contribution in [-0.2, 0) is 11.2 Å². The first-order chi connectivity index (χ1) is 11.5. The van der Waals surface area contributed by atoms with Gasteiger partial charge in [0.25, 0.3) is 0 Å². The van der Waals surface area contributed by atoms with Crippen LogP contribution in [0.4, 0.5) is 13.6 Å². The number of benzene rings is 1. The monoisotopic (exact) mass is 339 g/mol. The van der Waals surface area contributed by atoms with E-state index in [1.54, 1.807) is 13.0 Å².